The average Bonchev–Trinajstić information content (AvgIpc) is 2.38. The summed E-state index contributed by atoms with van der Waals surface area (Å²) < 4.78 is 26.7. The summed E-state index contributed by atoms with van der Waals surface area (Å²) in [7, 11) is -3.50. The number of amides is 1. The molecule has 0 unspecified atom stereocenters. The zero-order valence-electron chi connectivity index (χ0n) is 11.5. The maximum absolute atomic E-state index is 12.1. The first kappa shape index (κ1) is 15.1. The minimum atomic E-state index is -3.50. The van der Waals surface area contributed by atoms with Gasteiger partial charge in [0.1, 0.15) is 0 Å². The highest BCUT2D eigenvalue weighted by atomic mass is 32.2. The van der Waals surface area contributed by atoms with Gasteiger partial charge in [0.2, 0.25) is 15.9 Å². The average molecular weight is 304 g/mol. The normalized spacial score (nSPS) is 11.1. The van der Waals surface area contributed by atoms with Crippen LogP contribution in [0, 0.1) is 6.92 Å². The molecule has 3 N–H and O–H groups in total. The van der Waals surface area contributed by atoms with Crippen LogP contribution >= 0.6 is 0 Å². The van der Waals surface area contributed by atoms with Gasteiger partial charge in [-0.1, -0.05) is 29.8 Å². The Balaban J connectivity index is 2.12. The van der Waals surface area contributed by atoms with Crippen molar-refractivity contribution in [2.75, 3.05) is 4.72 Å². The first-order valence-corrected chi connectivity index (χ1v) is 7.97. The second-order valence-corrected chi connectivity index (χ2v) is 6.51. The first-order valence-electron chi connectivity index (χ1n) is 6.32. The molecule has 0 aliphatic rings. The second-order valence-electron chi connectivity index (χ2n) is 4.79. The SMILES string of the molecule is Cc1cccc(CS(=O)(=O)Nc2ccc(C(N)=O)cc2)c1. The van der Waals surface area contributed by atoms with Crippen molar-refractivity contribution in [3.63, 3.8) is 0 Å². The van der Waals surface area contributed by atoms with Crippen LogP contribution in [0.5, 0.6) is 0 Å². The van der Waals surface area contributed by atoms with Crippen LogP contribution in [0.15, 0.2) is 48.5 Å². The summed E-state index contributed by atoms with van der Waals surface area (Å²) in [4.78, 5) is 11.0. The quantitative estimate of drug-likeness (QED) is 0.885. The Morgan fingerprint density at radius 2 is 1.81 bits per heavy atom. The van der Waals surface area contributed by atoms with Gasteiger partial charge < -0.3 is 5.73 Å². The van der Waals surface area contributed by atoms with E-state index in [4.69, 9.17) is 5.73 Å². The molecule has 1 amide bonds. The van der Waals surface area contributed by atoms with Crippen LogP contribution in [0.1, 0.15) is 21.5 Å². The lowest BCUT2D eigenvalue weighted by molar-refractivity contribution is 0.100. The Morgan fingerprint density at radius 1 is 1.14 bits per heavy atom. The number of hydrogen-bond donors (Lipinski definition) is 2. The number of aryl methyl sites for hydroxylation is 1. The van der Waals surface area contributed by atoms with E-state index in [9.17, 15) is 13.2 Å². The van der Waals surface area contributed by atoms with Gasteiger partial charge in [0.25, 0.3) is 0 Å². The minimum Gasteiger partial charge on any atom is -0.366 e. The Morgan fingerprint density at radius 3 is 2.38 bits per heavy atom. The Labute approximate surface area is 123 Å². The molecule has 0 saturated carbocycles. The van der Waals surface area contributed by atoms with E-state index < -0.39 is 15.9 Å². The molecular weight excluding hydrogens is 288 g/mol. The maximum Gasteiger partial charge on any atom is 0.248 e. The molecule has 2 aromatic rings. The van der Waals surface area contributed by atoms with Gasteiger partial charge in [0, 0.05) is 11.3 Å². The molecule has 110 valence electrons. The van der Waals surface area contributed by atoms with Crippen molar-refractivity contribution in [2.24, 2.45) is 5.73 Å². The highest BCUT2D eigenvalue weighted by Gasteiger charge is 2.12. The summed E-state index contributed by atoms with van der Waals surface area (Å²) in [6, 6.07) is 13.3. The van der Waals surface area contributed by atoms with Crippen molar-refractivity contribution in [1.29, 1.82) is 0 Å². The second kappa shape index (κ2) is 5.97. The van der Waals surface area contributed by atoms with E-state index in [1.807, 2.05) is 25.1 Å². The van der Waals surface area contributed by atoms with Crippen LogP contribution in [0.25, 0.3) is 0 Å². The molecule has 0 fully saturated rings. The van der Waals surface area contributed by atoms with E-state index in [1.165, 1.54) is 24.3 Å². The largest absolute Gasteiger partial charge is 0.366 e. The number of sulfonamides is 1. The van der Waals surface area contributed by atoms with Crippen LogP contribution in [-0.4, -0.2) is 14.3 Å². The lowest BCUT2D eigenvalue weighted by Crippen LogP contribution is -2.15. The summed E-state index contributed by atoms with van der Waals surface area (Å²) in [5.74, 6) is -0.657. The fraction of sp³-hybridized carbons (Fsp3) is 0.133. The van der Waals surface area contributed by atoms with Crippen LogP contribution < -0.4 is 10.5 Å². The van der Waals surface area contributed by atoms with Crippen molar-refractivity contribution in [3.05, 3.63) is 65.2 Å². The van der Waals surface area contributed by atoms with Gasteiger partial charge in [-0.2, -0.15) is 0 Å². The standard InChI is InChI=1S/C15H16N2O3S/c1-11-3-2-4-12(9-11)10-21(19,20)17-14-7-5-13(6-8-14)15(16)18/h2-9,17H,10H2,1H3,(H2,16,18). The summed E-state index contributed by atoms with van der Waals surface area (Å²) >= 11 is 0. The van der Waals surface area contributed by atoms with E-state index >= 15 is 0 Å². The summed E-state index contributed by atoms with van der Waals surface area (Å²) in [6.45, 7) is 1.91. The van der Waals surface area contributed by atoms with Crippen molar-refractivity contribution in [2.45, 2.75) is 12.7 Å². The molecule has 0 atom stereocenters. The number of primary amides is 1. The number of anilines is 1. The van der Waals surface area contributed by atoms with E-state index in [0.29, 0.717) is 11.3 Å². The van der Waals surface area contributed by atoms with Gasteiger partial charge in [-0.3, -0.25) is 9.52 Å². The lowest BCUT2D eigenvalue weighted by atomic mass is 10.2. The van der Waals surface area contributed by atoms with E-state index in [2.05, 4.69) is 4.72 Å². The monoisotopic (exact) mass is 304 g/mol. The fourth-order valence-electron chi connectivity index (χ4n) is 1.94. The van der Waals surface area contributed by atoms with Crippen molar-refractivity contribution in [3.8, 4) is 0 Å². The summed E-state index contributed by atoms with van der Waals surface area (Å²) in [6.07, 6.45) is 0. The van der Waals surface area contributed by atoms with Gasteiger partial charge in [-0.25, -0.2) is 8.42 Å². The predicted molar refractivity (Wildman–Crippen MR) is 82.4 cm³/mol. The molecule has 0 bridgehead atoms. The third kappa shape index (κ3) is 4.32. The number of benzene rings is 2. The van der Waals surface area contributed by atoms with Crippen molar-refractivity contribution >= 4 is 21.6 Å². The molecular formula is C15H16N2O3S. The van der Waals surface area contributed by atoms with Gasteiger partial charge in [0.05, 0.1) is 5.75 Å². The number of hydrogen-bond acceptors (Lipinski definition) is 3. The first-order chi connectivity index (χ1) is 9.85. The Hall–Kier alpha value is -2.34. The molecule has 5 nitrogen and oxygen atoms in total. The van der Waals surface area contributed by atoms with Crippen molar-refractivity contribution in [1.82, 2.24) is 0 Å². The molecule has 0 aliphatic heterocycles. The van der Waals surface area contributed by atoms with Crippen LogP contribution in [-0.2, 0) is 15.8 Å². The Kier molecular flexibility index (Phi) is 4.28. The molecule has 0 saturated heterocycles. The molecule has 0 aliphatic carbocycles. The number of rotatable bonds is 5. The number of nitrogens with one attached hydrogen (secondary N) is 1. The molecule has 0 spiro atoms. The van der Waals surface area contributed by atoms with Crippen molar-refractivity contribution < 1.29 is 13.2 Å². The third-order valence-corrected chi connectivity index (χ3v) is 4.14. The Bertz CT molecular complexity index is 753. The number of nitrogens with two attached hydrogens (primary N) is 1. The van der Waals surface area contributed by atoms with E-state index in [-0.39, 0.29) is 5.75 Å². The van der Waals surface area contributed by atoms with Crippen LogP contribution in [0.4, 0.5) is 5.69 Å². The lowest BCUT2D eigenvalue weighted by Gasteiger charge is -2.09. The topological polar surface area (TPSA) is 89.3 Å². The van der Waals surface area contributed by atoms with E-state index in [1.54, 1.807) is 6.07 Å². The number of carbonyl (C=O) groups is 1. The van der Waals surface area contributed by atoms with E-state index in [0.717, 1.165) is 11.1 Å². The zero-order chi connectivity index (χ0) is 15.5. The smallest absolute Gasteiger partial charge is 0.248 e. The third-order valence-electron chi connectivity index (χ3n) is 2.88. The van der Waals surface area contributed by atoms with Gasteiger partial charge in [-0.05, 0) is 36.8 Å². The highest BCUT2D eigenvalue weighted by molar-refractivity contribution is 7.91. The minimum absolute atomic E-state index is 0.105. The van der Waals surface area contributed by atoms with Crippen LogP contribution in [0.2, 0.25) is 0 Å². The van der Waals surface area contributed by atoms with Gasteiger partial charge in [-0.15, -0.1) is 0 Å². The fourth-order valence-corrected chi connectivity index (χ4v) is 3.13. The molecule has 2 aromatic carbocycles. The maximum atomic E-state index is 12.1. The molecule has 0 heterocycles. The summed E-state index contributed by atoms with van der Waals surface area (Å²) in [5.41, 5.74) is 7.58. The zero-order valence-corrected chi connectivity index (χ0v) is 12.4. The summed E-state index contributed by atoms with van der Waals surface area (Å²) in [5, 5.41) is 0. The van der Waals surface area contributed by atoms with Gasteiger partial charge >= 0.3 is 0 Å². The molecule has 2 rings (SSSR count). The molecule has 0 aromatic heterocycles. The molecule has 21 heavy (non-hydrogen) atoms. The highest BCUT2D eigenvalue weighted by Crippen LogP contribution is 2.14. The molecule has 6 heteroatoms. The number of carbonyl (C=O) groups excluding carboxylic acids is 1. The molecule has 0 radical (unpaired) electrons. The van der Waals surface area contributed by atoms with Crippen LogP contribution in [0.3, 0.4) is 0 Å². The van der Waals surface area contributed by atoms with Gasteiger partial charge in [0.15, 0.2) is 0 Å². The predicted octanol–water partition coefficient (Wildman–Crippen LogP) is 2.04.